The topological polar surface area (TPSA) is 66.3 Å². The molecule has 0 spiro atoms. The monoisotopic (exact) mass is 243 g/mol. The van der Waals surface area contributed by atoms with Crippen LogP contribution in [0.3, 0.4) is 0 Å². The van der Waals surface area contributed by atoms with Crippen molar-refractivity contribution < 1.29 is 9.90 Å². The second-order valence-electron chi connectivity index (χ2n) is 3.91. The van der Waals surface area contributed by atoms with Gasteiger partial charge in [-0.2, -0.15) is 0 Å². The van der Waals surface area contributed by atoms with Crippen molar-refractivity contribution in [3.05, 3.63) is 47.9 Å². The molecule has 0 aliphatic heterocycles. The van der Waals surface area contributed by atoms with Crippen molar-refractivity contribution in [3.63, 3.8) is 0 Å². The average Bonchev–Trinajstić information content (AvgIpc) is 2.38. The van der Waals surface area contributed by atoms with Gasteiger partial charge in [0.05, 0.1) is 0 Å². The minimum Gasteiger partial charge on any atom is -0.477 e. The van der Waals surface area contributed by atoms with Crippen LogP contribution in [0.5, 0.6) is 0 Å². The molecule has 1 aromatic heterocycles. The Bertz CT molecular complexity index is 584. The summed E-state index contributed by atoms with van der Waals surface area (Å²) in [5.74, 6) is -0.655. The first-order valence-electron chi connectivity index (χ1n) is 5.44. The van der Waals surface area contributed by atoms with Gasteiger partial charge < -0.3 is 10.0 Å². The predicted molar refractivity (Wildman–Crippen MR) is 68.2 cm³/mol. The summed E-state index contributed by atoms with van der Waals surface area (Å²) in [5, 5.41) is 9.12. The summed E-state index contributed by atoms with van der Waals surface area (Å²) < 4.78 is 0. The maximum absolute atomic E-state index is 11.1. The number of carboxylic acids is 1. The Labute approximate surface area is 105 Å². The number of nitrogens with zero attached hydrogens (tertiary/aromatic N) is 3. The first-order valence-corrected chi connectivity index (χ1v) is 5.44. The molecule has 92 valence electrons. The van der Waals surface area contributed by atoms with Crippen LogP contribution in [-0.2, 0) is 0 Å². The summed E-state index contributed by atoms with van der Waals surface area (Å²) in [5.41, 5.74) is 2.05. The molecule has 0 bridgehead atoms. The summed E-state index contributed by atoms with van der Waals surface area (Å²) in [6.07, 6.45) is 2.65. The van der Waals surface area contributed by atoms with E-state index < -0.39 is 5.97 Å². The van der Waals surface area contributed by atoms with Gasteiger partial charge in [0.1, 0.15) is 11.9 Å². The number of para-hydroxylation sites is 1. The number of hydrogen-bond acceptors (Lipinski definition) is 4. The molecule has 0 fully saturated rings. The third kappa shape index (κ3) is 2.15. The zero-order valence-corrected chi connectivity index (χ0v) is 10.2. The van der Waals surface area contributed by atoms with Gasteiger partial charge in [0.2, 0.25) is 0 Å². The third-order valence-corrected chi connectivity index (χ3v) is 2.72. The molecule has 0 saturated carbocycles. The standard InChI is InChI=1S/C13H13N3O2/c1-9-5-3-4-6-11(9)16(2)12-10(13(17)18)7-14-8-15-12/h3-8H,1-2H3,(H,17,18). The van der Waals surface area contributed by atoms with Gasteiger partial charge in [-0.1, -0.05) is 18.2 Å². The van der Waals surface area contributed by atoms with E-state index in [1.54, 1.807) is 11.9 Å². The molecule has 5 nitrogen and oxygen atoms in total. The van der Waals surface area contributed by atoms with Gasteiger partial charge in [0.25, 0.3) is 0 Å². The lowest BCUT2D eigenvalue weighted by Gasteiger charge is -2.21. The number of aromatic carboxylic acids is 1. The molecule has 0 radical (unpaired) electrons. The zero-order valence-electron chi connectivity index (χ0n) is 10.2. The van der Waals surface area contributed by atoms with Crippen LogP contribution in [0.4, 0.5) is 11.5 Å². The molecule has 0 aliphatic carbocycles. The molecule has 1 N–H and O–H groups in total. The van der Waals surface area contributed by atoms with Gasteiger partial charge in [-0.3, -0.25) is 0 Å². The van der Waals surface area contributed by atoms with Crippen LogP contribution in [0, 0.1) is 6.92 Å². The Balaban J connectivity index is 2.50. The Morgan fingerprint density at radius 1 is 1.33 bits per heavy atom. The smallest absolute Gasteiger partial charge is 0.341 e. The van der Waals surface area contributed by atoms with Gasteiger partial charge in [0, 0.05) is 18.9 Å². The normalized spacial score (nSPS) is 10.1. The van der Waals surface area contributed by atoms with Crippen LogP contribution in [0.25, 0.3) is 0 Å². The molecule has 2 aromatic rings. The highest BCUT2D eigenvalue weighted by atomic mass is 16.4. The van der Waals surface area contributed by atoms with Crippen molar-refractivity contribution in [1.82, 2.24) is 9.97 Å². The second kappa shape index (κ2) is 4.83. The highest BCUT2D eigenvalue weighted by Gasteiger charge is 2.16. The number of carboxylic acid groups (broad SMARTS) is 1. The minimum atomic E-state index is -1.04. The van der Waals surface area contributed by atoms with Gasteiger partial charge in [-0.05, 0) is 18.6 Å². The summed E-state index contributed by atoms with van der Waals surface area (Å²) in [6.45, 7) is 1.97. The molecule has 0 unspecified atom stereocenters. The second-order valence-corrected chi connectivity index (χ2v) is 3.91. The van der Waals surface area contributed by atoms with Gasteiger partial charge in [-0.25, -0.2) is 14.8 Å². The molecule has 1 aromatic carbocycles. The van der Waals surface area contributed by atoms with Gasteiger partial charge in [0.15, 0.2) is 5.82 Å². The van der Waals surface area contributed by atoms with Crippen LogP contribution < -0.4 is 4.90 Å². The Morgan fingerprint density at radius 2 is 2.06 bits per heavy atom. The lowest BCUT2D eigenvalue weighted by atomic mass is 10.2. The lowest BCUT2D eigenvalue weighted by Crippen LogP contribution is -2.17. The molecular weight excluding hydrogens is 230 g/mol. The van der Waals surface area contributed by atoms with E-state index in [-0.39, 0.29) is 5.56 Å². The van der Waals surface area contributed by atoms with Crippen molar-refractivity contribution in [3.8, 4) is 0 Å². The SMILES string of the molecule is Cc1ccccc1N(C)c1ncncc1C(=O)O. The largest absolute Gasteiger partial charge is 0.477 e. The summed E-state index contributed by atoms with van der Waals surface area (Å²) >= 11 is 0. The van der Waals surface area contributed by atoms with E-state index in [0.29, 0.717) is 5.82 Å². The maximum Gasteiger partial charge on any atom is 0.341 e. The fourth-order valence-corrected chi connectivity index (χ4v) is 1.80. The fourth-order valence-electron chi connectivity index (χ4n) is 1.80. The van der Waals surface area contributed by atoms with Crippen molar-refractivity contribution in [2.45, 2.75) is 6.92 Å². The number of benzene rings is 1. The van der Waals surface area contributed by atoms with E-state index in [1.807, 2.05) is 31.2 Å². The molecule has 0 atom stereocenters. The van der Waals surface area contributed by atoms with E-state index in [9.17, 15) is 4.79 Å². The summed E-state index contributed by atoms with van der Waals surface area (Å²) in [6, 6.07) is 7.72. The van der Waals surface area contributed by atoms with Crippen LogP contribution in [0.1, 0.15) is 15.9 Å². The number of aryl methyl sites for hydroxylation is 1. The van der Waals surface area contributed by atoms with E-state index in [2.05, 4.69) is 9.97 Å². The average molecular weight is 243 g/mol. The van der Waals surface area contributed by atoms with E-state index >= 15 is 0 Å². The third-order valence-electron chi connectivity index (χ3n) is 2.72. The molecule has 2 rings (SSSR count). The van der Waals surface area contributed by atoms with Gasteiger partial charge in [-0.15, -0.1) is 0 Å². The van der Waals surface area contributed by atoms with Gasteiger partial charge >= 0.3 is 5.97 Å². The van der Waals surface area contributed by atoms with Crippen molar-refractivity contribution in [1.29, 1.82) is 0 Å². The van der Waals surface area contributed by atoms with Crippen LogP contribution in [0.15, 0.2) is 36.8 Å². The first-order chi connectivity index (χ1) is 8.61. The number of anilines is 2. The van der Waals surface area contributed by atoms with Crippen molar-refractivity contribution in [2.75, 3.05) is 11.9 Å². The van der Waals surface area contributed by atoms with Crippen LogP contribution >= 0.6 is 0 Å². The molecule has 0 amide bonds. The molecular formula is C13H13N3O2. The first kappa shape index (κ1) is 12.0. The summed E-state index contributed by atoms with van der Waals surface area (Å²) in [4.78, 5) is 20.7. The van der Waals surface area contributed by atoms with Crippen LogP contribution in [0.2, 0.25) is 0 Å². The van der Waals surface area contributed by atoms with Crippen molar-refractivity contribution in [2.24, 2.45) is 0 Å². The van der Waals surface area contributed by atoms with Crippen LogP contribution in [-0.4, -0.2) is 28.1 Å². The number of carbonyl (C=O) groups is 1. The minimum absolute atomic E-state index is 0.0863. The van der Waals surface area contributed by atoms with E-state index in [4.69, 9.17) is 5.11 Å². The van der Waals surface area contributed by atoms with E-state index in [1.165, 1.54) is 12.5 Å². The number of rotatable bonds is 3. The molecule has 0 aliphatic rings. The van der Waals surface area contributed by atoms with E-state index in [0.717, 1.165) is 11.3 Å². The maximum atomic E-state index is 11.1. The molecule has 1 heterocycles. The Hall–Kier alpha value is -2.43. The zero-order chi connectivity index (χ0) is 13.1. The molecule has 5 heteroatoms. The predicted octanol–water partition coefficient (Wildman–Crippen LogP) is 2.25. The Morgan fingerprint density at radius 3 is 2.72 bits per heavy atom. The highest BCUT2D eigenvalue weighted by Crippen LogP contribution is 2.26. The highest BCUT2D eigenvalue weighted by molar-refractivity contribution is 5.94. The molecule has 0 saturated heterocycles. The summed E-state index contributed by atoms with van der Waals surface area (Å²) in [7, 11) is 1.79. The lowest BCUT2D eigenvalue weighted by molar-refractivity contribution is 0.0697. The molecule has 18 heavy (non-hydrogen) atoms. The van der Waals surface area contributed by atoms with Crippen molar-refractivity contribution >= 4 is 17.5 Å². The fraction of sp³-hybridized carbons (Fsp3) is 0.154. The number of aromatic nitrogens is 2. The number of hydrogen-bond donors (Lipinski definition) is 1. The Kier molecular flexibility index (Phi) is 3.23. The quantitative estimate of drug-likeness (QED) is 0.895.